The molecule has 0 spiro atoms. The van der Waals surface area contributed by atoms with Crippen molar-refractivity contribution in [2.24, 2.45) is 10.7 Å². The molecule has 0 fully saturated rings. The molecule has 0 amide bonds. The molecule has 2 heterocycles. The van der Waals surface area contributed by atoms with Crippen LogP contribution in [0, 0.1) is 6.92 Å². The zero-order chi connectivity index (χ0) is 14.8. The standard InChI is InChI=1S/C16H19N3OS/c1-11-8-12(5-6-15(11)20-2)14-9-18-16(17)19(14)10-13-4-3-7-21-13/h3-8,14H,9-10H2,1-2H3,(H2,17,18). The van der Waals surface area contributed by atoms with Crippen LogP contribution in [0.4, 0.5) is 0 Å². The number of aliphatic imine (C=N–C) groups is 1. The van der Waals surface area contributed by atoms with E-state index >= 15 is 0 Å². The van der Waals surface area contributed by atoms with Crippen LogP contribution in [-0.2, 0) is 6.54 Å². The van der Waals surface area contributed by atoms with Crippen molar-refractivity contribution in [3.05, 3.63) is 51.7 Å². The van der Waals surface area contributed by atoms with Gasteiger partial charge in [-0.3, -0.25) is 4.99 Å². The molecule has 0 aliphatic carbocycles. The number of ether oxygens (including phenoxy) is 1. The van der Waals surface area contributed by atoms with Crippen molar-refractivity contribution in [1.82, 2.24) is 4.90 Å². The molecule has 110 valence electrons. The number of hydrogen-bond donors (Lipinski definition) is 1. The Morgan fingerprint density at radius 1 is 1.43 bits per heavy atom. The molecule has 1 aromatic carbocycles. The summed E-state index contributed by atoms with van der Waals surface area (Å²) in [5, 5.41) is 2.09. The van der Waals surface area contributed by atoms with Gasteiger partial charge in [-0.05, 0) is 35.6 Å². The zero-order valence-corrected chi connectivity index (χ0v) is 13.1. The van der Waals surface area contributed by atoms with Gasteiger partial charge in [-0.1, -0.05) is 18.2 Å². The molecular formula is C16H19N3OS. The summed E-state index contributed by atoms with van der Waals surface area (Å²) >= 11 is 1.75. The number of rotatable bonds is 4. The van der Waals surface area contributed by atoms with E-state index in [-0.39, 0.29) is 6.04 Å². The fraction of sp³-hybridized carbons (Fsp3) is 0.312. The molecule has 1 aliphatic heterocycles. The fourth-order valence-corrected chi connectivity index (χ4v) is 3.39. The zero-order valence-electron chi connectivity index (χ0n) is 12.2. The molecule has 5 heteroatoms. The third-order valence-electron chi connectivity index (χ3n) is 3.81. The lowest BCUT2D eigenvalue weighted by molar-refractivity contribution is 0.342. The van der Waals surface area contributed by atoms with Gasteiger partial charge in [0.25, 0.3) is 0 Å². The smallest absolute Gasteiger partial charge is 0.192 e. The highest BCUT2D eigenvalue weighted by Gasteiger charge is 2.28. The topological polar surface area (TPSA) is 50.9 Å². The number of methoxy groups -OCH3 is 1. The predicted molar refractivity (Wildman–Crippen MR) is 86.8 cm³/mol. The quantitative estimate of drug-likeness (QED) is 0.944. The predicted octanol–water partition coefficient (Wildman–Crippen LogP) is 2.94. The van der Waals surface area contributed by atoms with Gasteiger partial charge in [-0.25, -0.2) is 0 Å². The summed E-state index contributed by atoms with van der Waals surface area (Å²) in [6.07, 6.45) is 0. The first-order valence-corrected chi connectivity index (χ1v) is 7.80. The van der Waals surface area contributed by atoms with E-state index in [1.807, 2.05) is 6.07 Å². The van der Waals surface area contributed by atoms with Gasteiger partial charge in [0.15, 0.2) is 5.96 Å². The van der Waals surface area contributed by atoms with Gasteiger partial charge in [0.1, 0.15) is 5.75 Å². The van der Waals surface area contributed by atoms with Crippen LogP contribution < -0.4 is 10.5 Å². The van der Waals surface area contributed by atoms with Crippen molar-refractivity contribution in [2.45, 2.75) is 19.5 Å². The van der Waals surface area contributed by atoms with Crippen molar-refractivity contribution in [2.75, 3.05) is 13.7 Å². The van der Waals surface area contributed by atoms with E-state index in [0.29, 0.717) is 12.5 Å². The Labute approximate surface area is 128 Å². The highest BCUT2D eigenvalue weighted by Crippen LogP contribution is 2.30. The number of aryl methyl sites for hydroxylation is 1. The number of benzene rings is 1. The van der Waals surface area contributed by atoms with Gasteiger partial charge >= 0.3 is 0 Å². The molecule has 0 radical (unpaired) electrons. The van der Waals surface area contributed by atoms with E-state index in [2.05, 4.69) is 46.5 Å². The Hall–Kier alpha value is -2.01. The van der Waals surface area contributed by atoms with E-state index in [1.165, 1.54) is 10.4 Å². The Morgan fingerprint density at radius 3 is 2.95 bits per heavy atom. The van der Waals surface area contributed by atoms with Crippen LogP contribution in [-0.4, -0.2) is 24.5 Å². The van der Waals surface area contributed by atoms with Crippen LogP contribution in [0.2, 0.25) is 0 Å². The Kier molecular flexibility index (Phi) is 3.84. The minimum absolute atomic E-state index is 0.205. The average molecular weight is 301 g/mol. The minimum Gasteiger partial charge on any atom is -0.496 e. The van der Waals surface area contributed by atoms with Gasteiger partial charge < -0.3 is 15.4 Å². The van der Waals surface area contributed by atoms with Crippen LogP contribution >= 0.6 is 11.3 Å². The molecule has 1 unspecified atom stereocenters. The van der Waals surface area contributed by atoms with Crippen molar-refractivity contribution in [3.63, 3.8) is 0 Å². The highest BCUT2D eigenvalue weighted by atomic mass is 32.1. The SMILES string of the molecule is COc1ccc(C2CN=C(N)N2Cc2cccs2)cc1C. The maximum atomic E-state index is 6.07. The van der Waals surface area contributed by atoms with Crippen molar-refractivity contribution in [1.29, 1.82) is 0 Å². The van der Waals surface area contributed by atoms with E-state index in [9.17, 15) is 0 Å². The molecule has 1 atom stereocenters. The molecule has 21 heavy (non-hydrogen) atoms. The Bertz CT molecular complexity index is 652. The molecule has 0 bridgehead atoms. The lowest BCUT2D eigenvalue weighted by atomic mass is 10.0. The third kappa shape index (κ3) is 2.74. The number of thiophene rings is 1. The van der Waals surface area contributed by atoms with E-state index in [4.69, 9.17) is 10.5 Å². The molecule has 3 rings (SSSR count). The lowest BCUT2D eigenvalue weighted by Gasteiger charge is -2.26. The molecule has 2 N–H and O–H groups in total. The third-order valence-corrected chi connectivity index (χ3v) is 4.67. The Morgan fingerprint density at radius 2 is 2.29 bits per heavy atom. The first kappa shape index (κ1) is 13.9. The van der Waals surface area contributed by atoms with Gasteiger partial charge in [0.2, 0.25) is 0 Å². The largest absolute Gasteiger partial charge is 0.496 e. The summed E-state index contributed by atoms with van der Waals surface area (Å²) in [5.74, 6) is 1.54. The van der Waals surface area contributed by atoms with E-state index in [0.717, 1.165) is 17.9 Å². The molecule has 2 aromatic rings. The van der Waals surface area contributed by atoms with Gasteiger partial charge in [0.05, 0.1) is 26.2 Å². The maximum Gasteiger partial charge on any atom is 0.192 e. The normalized spacial score (nSPS) is 17.9. The van der Waals surface area contributed by atoms with Crippen molar-refractivity contribution in [3.8, 4) is 5.75 Å². The van der Waals surface area contributed by atoms with Crippen LogP contribution in [0.5, 0.6) is 5.75 Å². The van der Waals surface area contributed by atoms with E-state index in [1.54, 1.807) is 18.4 Å². The first-order valence-electron chi connectivity index (χ1n) is 6.92. The Balaban J connectivity index is 1.85. The van der Waals surface area contributed by atoms with Crippen molar-refractivity contribution >= 4 is 17.3 Å². The molecule has 0 saturated heterocycles. The molecule has 4 nitrogen and oxygen atoms in total. The van der Waals surface area contributed by atoms with Crippen LogP contribution in [0.15, 0.2) is 40.7 Å². The molecule has 0 saturated carbocycles. The highest BCUT2D eigenvalue weighted by molar-refractivity contribution is 7.09. The van der Waals surface area contributed by atoms with Gasteiger partial charge in [-0.2, -0.15) is 0 Å². The summed E-state index contributed by atoms with van der Waals surface area (Å²) in [6.45, 7) is 3.58. The summed E-state index contributed by atoms with van der Waals surface area (Å²) in [4.78, 5) is 7.89. The average Bonchev–Trinajstić information content (AvgIpc) is 3.11. The van der Waals surface area contributed by atoms with Crippen LogP contribution in [0.1, 0.15) is 22.0 Å². The molecule has 1 aliphatic rings. The summed E-state index contributed by atoms with van der Waals surface area (Å²) in [5.41, 5.74) is 8.44. The minimum atomic E-state index is 0.205. The number of hydrogen-bond acceptors (Lipinski definition) is 5. The first-order chi connectivity index (χ1) is 10.2. The fourth-order valence-electron chi connectivity index (χ4n) is 2.68. The monoisotopic (exact) mass is 301 g/mol. The second-order valence-electron chi connectivity index (χ2n) is 5.15. The van der Waals surface area contributed by atoms with Gasteiger partial charge in [0, 0.05) is 4.88 Å². The van der Waals surface area contributed by atoms with Crippen molar-refractivity contribution < 1.29 is 4.74 Å². The molecular weight excluding hydrogens is 282 g/mol. The number of nitrogens with zero attached hydrogens (tertiary/aromatic N) is 2. The number of nitrogens with two attached hydrogens (primary N) is 1. The lowest BCUT2D eigenvalue weighted by Crippen LogP contribution is -2.35. The summed E-state index contributed by atoms with van der Waals surface area (Å²) < 4.78 is 5.33. The second kappa shape index (κ2) is 5.77. The van der Waals surface area contributed by atoms with Crippen LogP contribution in [0.3, 0.4) is 0 Å². The van der Waals surface area contributed by atoms with Gasteiger partial charge in [-0.15, -0.1) is 11.3 Å². The number of guanidine groups is 1. The van der Waals surface area contributed by atoms with Crippen LogP contribution in [0.25, 0.3) is 0 Å². The van der Waals surface area contributed by atoms with E-state index < -0.39 is 0 Å². The summed E-state index contributed by atoms with van der Waals surface area (Å²) in [6, 6.07) is 10.7. The molecule has 1 aromatic heterocycles. The maximum absolute atomic E-state index is 6.07. The summed E-state index contributed by atoms with van der Waals surface area (Å²) in [7, 11) is 1.70. The second-order valence-corrected chi connectivity index (χ2v) is 6.18.